The first-order valence-electron chi connectivity index (χ1n) is 7.42. The van der Waals surface area contributed by atoms with Crippen LogP contribution in [0.25, 0.3) is 10.4 Å². The average molecular weight is 405 g/mol. The van der Waals surface area contributed by atoms with E-state index in [1.54, 1.807) is 0 Å². The normalized spacial score (nSPS) is 28.3. The maximum atomic E-state index is 12.9. The molecule has 0 unspecified atom stereocenters. The molecule has 13 heteroatoms. The van der Waals surface area contributed by atoms with Gasteiger partial charge in [-0.1, -0.05) is 16.9 Å². The Hall–Kier alpha value is -2.07. The molecule has 0 bridgehead atoms. The van der Waals surface area contributed by atoms with Crippen LogP contribution < -0.4 is 0 Å². The van der Waals surface area contributed by atoms with Crippen LogP contribution in [0.15, 0.2) is 22.3 Å². The second-order valence-electron chi connectivity index (χ2n) is 5.41. The van der Waals surface area contributed by atoms with E-state index in [4.69, 9.17) is 20.3 Å². The molecule has 1 fully saturated rings. The summed E-state index contributed by atoms with van der Waals surface area (Å²) in [6, 6.07) is 1.35. The topological polar surface area (TPSA) is 144 Å². The average Bonchev–Trinajstić information content (AvgIpc) is 2.63. The lowest BCUT2D eigenvalue weighted by atomic mass is 9.98. The molecule has 1 aromatic rings. The number of methoxy groups -OCH3 is 1. The number of hydrogen-bond donors (Lipinski definition) is 2. The number of rotatable bonds is 5. The predicted octanol–water partition coefficient (Wildman–Crippen LogP) is 1.84. The van der Waals surface area contributed by atoms with Crippen LogP contribution in [0.3, 0.4) is 0 Å². The molecule has 2 heterocycles. The van der Waals surface area contributed by atoms with Crippen LogP contribution in [-0.4, -0.2) is 58.7 Å². The van der Waals surface area contributed by atoms with E-state index >= 15 is 0 Å². The number of nitrogens with zero attached hydrogens (tertiary/aromatic N) is 5. The van der Waals surface area contributed by atoms with Gasteiger partial charge in [0.25, 0.3) is 0 Å². The summed E-state index contributed by atoms with van der Waals surface area (Å²) in [6.45, 7) is -0.583. The Morgan fingerprint density at radius 3 is 2.78 bits per heavy atom. The summed E-state index contributed by atoms with van der Waals surface area (Å²) in [4.78, 5) is 6.11. The lowest BCUT2D eigenvalue weighted by Crippen LogP contribution is -2.57. The number of hydrogen-bond acceptors (Lipinski definition) is 8. The molecule has 2 N–H and O–H groups in total. The van der Waals surface area contributed by atoms with Crippen LogP contribution in [0.2, 0.25) is 0 Å². The molecular formula is C14H14F3N5O4S. The Bertz CT molecular complexity index is 768. The van der Waals surface area contributed by atoms with Crippen LogP contribution in [0.4, 0.5) is 13.2 Å². The fourth-order valence-electron chi connectivity index (χ4n) is 2.55. The van der Waals surface area contributed by atoms with Gasteiger partial charge in [-0.05, 0) is 11.6 Å². The standard InChI is InChI=1S/C14H14F3N5O4S/c1-25-11-9(21-22-19)10(24)8(5-23)26-13(11)27-7-2-6(3-18)12(20-4-7)14(15,16)17/h2,4,8-11,13,23-24H,5H2,1H3/t8-,9+,10+,11-,13-/m1/s1. The van der Waals surface area contributed by atoms with Gasteiger partial charge < -0.3 is 19.7 Å². The fraction of sp³-hybridized carbons (Fsp3) is 0.571. The van der Waals surface area contributed by atoms with Crippen LogP contribution in [0.5, 0.6) is 0 Å². The summed E-state index contributed by atoms with van der Waals surface area (Å²) in [7, 11) is 1.28. The monoisotopic (exact) mass is 405 g/mol. The Morgan fingerprint density at radius 2 is 2.26 bits per heavy atom. The molecule has 0 amide bonds. The number of azide groups is 1. The SMILES string of the molecule is CO[C@@H]1[C@@H](N=[N+]=[N-])[C@@H](O)[C@@H](CO)O[C@@H]1Sc1cnc(C(F)(F)F)c(C#N)c1. The number of nitriles is 1. The molecule has 27 heavy (non-hydrogen) atoms. The van der Waals surface area contributed by atoms with Crippen LogP contribution in [0.1, 0.15) is 11.3 Å². The maximum Gasteiger partial charge on any atom is 0.434 e. The summed E-state index contributed by atoms with van der Waals surface area (Å²) in [5.41, 5.74) is 5.77. The zero-order valence-corrected chi connectivity index (χ0v) is 14.6. The number of halogens is 3. The van der Waals surface area contributed by atoms with Gasteiger partial charge in [0.15, 0.2) is 5.69 Å². The van der Waals surface area contributed by atoms with Gasteiger partial charge in [-0.3, -0.25) is 0 Å². The van der Waals surface area contributed by atoms with E-state index < -0.39 is 53.8 Å². The summed E-state index contributed by atoms with van der Waals surface area (Å²) < 4.78 is 49.3. The van der Waals surface area contributed by atoms with E-state index in [-0.39, 0.29) is 4.90 Å². The smallest absolute Gasteiger partial charge is 0.394 e. The number of pyridine rings is 1. The zero-order chi connectivity index (χ0) is 20.2. The van der Waals surface area contributed by atoms with Crippen molar-refractivity contribution in [3.63, 3.8) is 0 Å². The third-order valence-corrected chi connectivity index (χ3v) is 4.89. The number of thioether (sulfide) groups is 1. The second-order valence-corrected chi connectivity index (χ2v) is 6.58. The number of aromatic nitrogens is 1. The minimum Gasteiger partial charge on any atom is -0.394 e. The van der Waals surface area contributed by atoms with Gasteiger partial charge >= 0.3 is 6.18 Å². The van der Waals surface area contributed by atoms with Crippen molar-refractivity contribution in [2.24, 2.45) is 5.11 Å². The molecule has 1 aromatic heterocycles. The van der Waals surface area contributed by atoms with Crippen molar-refractivity contribution in [3.8, 4) is 6.07 Å². The number of aliphatic hydroxyl groups is 2. The van der Waals surface area contributed by atoms with Crippen molar-refractivity contribution in [1.82, 2.24) is 4.98 Å². The lowest BCUT2D eigenvalue weighted by molar-refractivity contribution is -0.167. The van der Waals surface area contributed by atoms with Crippen molar-refractivity contribution in [2.75, 3.05) is 13.7 Å². The molecule has 0 spiro atoms. The molecule has 2 rings (SSSR count). The fourth-order valence-corrected chi connectivity index (χ4v) is 3.72. The van der Waals surface area contributed by atoms with Gasteiger partial charge in [0.1, 0.15) is 23.7 Å². The first kappa shape index (κ1) is 21.2. The highest BCUT2D eigenvalue weighted by molar-refractivity contribution is 7.99. The van der Waals surface area contributed by atoms with E-state index in [0.29, 0.717) is 0 Å². The molecule has 0 aromatic carbocycles. The second kappa shape index (κ2) is 8.75. The number of alkyl halides is 3. The summed E-state index contributed by atoms with van der Waals surface area (Å²) >= 11 is 0.863. The van der Waals surface area contributed by atoms with E-state index in [1.165, 1.54) is 13.2 Å². The summed E-state index contributed by atoms with van der Waals surface area (Å²) in [6.07, 6.45) is -7.25. The van der Waals surface area contributed by atoms with Crippen LogP contribution in [-0.2, 0) is 15.7 Å². The molecule has 1 aliphatic heterocycles. The van der Waals surface area contributed by atoms with E-state index in [0.717, 1.165) is 24.0 Å². The minimum atomic E-state index is -4.77. The first-order chi connectivity index (χ1) is 12.8. The van der Waals surface area contributed by atoms with Crippen LogP contribution in [0, 0.1) is 11.3 Å². The Kier molecular flexibility index (Phi) is 6.88. The van der Waals surface area contributed by atoms with Crippen molar-refractivity contribution in [1.29, 1.82) is 5.26 Å². The third kappa shape index (κ3) is 4.62. The first-order valence-corrected chi connectivity index (χ1v) is 8.30. The largest absolute Gasteiger partial charge is 0.434 e. The van der Waals surface area contributed by atoms with Gasteiger partial charge in [-0.25, -0.2) is 4.98 Å². The minimum absolute atomic E-state index is 0.166. The Balaban J connectivity index is 2.34. The molecule has 9 nitrogen and oxygen atoms in total. The Labute approximate surface area is 155 Å². The van der Waals surface area contributed by atoms with Crippen molar-refractivity contribution in [3.05, 3.63) is 34.0 Å². The van der Waals surface area contributed by atoms with Crippen molar-refractivity contribution < 1.29 is 32.9 Å². The maximum absolute atomic E-state index is 12.9. The molecule has 5 atom stereocenters. The molecule has 146 valence electrons. The molecule has 0 saturated carbocycles. The summed E-state index contributed by atoms with van der Waals surface area (Å²) in [5.74, 6) is 0. The third-order valence-electron chi connectivity index (χ3n) is 3.79. The van der Waals surface area contributed by atoms with Gasteiger partial charge in [-0.2, -0.15) is 18.4 Å². The van der Waals surface area contributed by atoms with Crippen molar-refractivity contribution >= 4 is 11.8 Å². The highest BCUT2D eigenvalue weighted by Gasteiger charge is 2.45. The predicted molar refractivity (Wildman–Crippen MR) is 85.3 cm³/mol. The van der Waals surface area contributed by atoms with E-state index in [9.17, 15) is 23.4 Å². The number of aliphatic hydroxyl groups excluding tert-OH is 2. The molecule has 1 aliphatic rings. The van der Waals surface area contributed by atoms with Crippen molar-refractivity contribution in [2.45, 2.75) is 40.9 Å². The molecular weight excluding hydrogens is 391 g/mol. The highest BCUT2D eigenvalue weighted by Crippen LogP contribution is 2.37. The van der Waals surface area contributed by atoms with Gasteiger partial charge in [0.2, 0.25) is 0 Å². The summed E-state index contributed by atoms with van der Waals surface area (Å²) in [5, 5.41) is 31.9. The van der Waals surface area contributed by atoms with E-state index in [2.05, 4.69) is 15.0 Å². The Morgan fingerprint density at radius 1 is 1.56 bits per heavy atom. The molecule has 0 radical (unpaired) electrons. The molecule has 0 aliphatic carbocycles. The van der Waals surface area contributed by atoms with Gasteiger partial charge in [0, 0.05) is 23.1 Å². The highest BCUT2D eigenvalue weighted by atomic mass is 32.2. The lowest BCUT2D eigenvalue weighted by Gasteiger charge is -2.41. The zero-order valence-electron chi connectivity index (χ0n) is 13.7. The quantitative estimate of drug-likeness (QED) is 0.432. The van der Waals surface area contributed by atoms with E-state index in [1.807, 2.05) is 0 Å². The molecule has 1 saturated heterocycles. The van der Waals surface area contributed by atoms with Gasteiger partial charge in [-0.15, -0.1) is 0 Å². The van der Waals surface area contributed by atoms with Gasteiger partial charge in [0.05, 0.1) is 24.3 Å². The number of ether oxygens (including phenoxy) is 2. The van der Waals surface area contributed by atoms with Crippen LogP contribution >= 0.6 is 11.8 Å².